The molecule has 1 fully saturated rings. The fraction of sp³-hybridized carbons (Fsp3) is 0.343. The van der Waals surface area contributed by atoms with Crippen LogP contribution in [0.25, 0.3) is 5.69 Å². The Labute approximate surface area is 271 Å². The quantitative estimate of drug-likeness (QED) is 0.115. The number of hydrogen-bond acceptors (Lipinski definition) is 6. The average molecular weight is 649 g/mol. The van der Waals surface area contributed by atoms with E-state index in [4.69, 9.17) is 10.8 Å². The first-order valence-electron chi connectivity index (χ1n) is 15.4. The lowest BCUT2D eigenvalue weighted by molar-refractivity contribution is -0.274. The van der Waals surface area contributed by atoms with Crippen LogP contribution >= 0.6 is 0 Å². The molecule has 9 nitrogen and oxygen atoms in total. The summed E-state index contributed by atoms with van der Waals surface area (Å²) in [6.45, 7) is 9.51. The number of carbonyl (C=O) groups excluding carboxylic acids is 2. The molecule has 5 N–H and O–H groups in total. The summed E-state index contributed by atoms with van der Waals surface area (Å²) < 4.78 is 44.8. The van der Waals surface area contributed by atoms with E-state index in [1.54, 1.807) is 28.9 Å². The molecule has 12 heteroatoms. The van der Waals surface area contributed by atoms with Crippen molar-refractivity contribution in [2.45, 2.75) is 58.2 Å². The van der Waals surface area contributed by atoms with Crippen LogP contribution in [0, 0.1) is 12.8 Å². The normalized spacial score (nSPS) is 14.8. The highest BCUT2D eigenvalue weighted by Crippen LogP contribution is 2.37. The molecule has 1 aliphatic rings. The van der Waals surface area contributed by atoms with Gasteiger partial charge in [-0.3, -0.25) is 10.1 Å². The average Bonchev–Trinajstić information content (AvgIpc) is 3.43. The van der Waals surface area contributed by atoms with Gasteiger partial charge in [-0.05, 0) is 86.8 Å². The second-order valence-corrected chi connectivity index (χ2v) is 12.8. The predicted octanol–water partition coefficient (Wildman–Crippen LogP) is 7.57. The topological polar surface area (TPSA) is 123 Å². The van der Waals surface area contributed by atoms with E-state index in [9.17, 15) is 22.8 Å². The van der Waals surface area contributed by atoms with Crippen LogP contribution in [0.4, 0.5) is 35.2 Å². The van der Waals surface area contributed by atoms with Gasteiger partial charge in [-0.1, -0.05) is 50.6 Å². The van der Waals surface area contributed by atoms with E-state index in [-0.39, 0.29) is 28.4 Å². The molecule has 0 radical (unpaired) electrons. The van der Waals surface area contributed by atoms with E-state index in [1.807, 2.05) is 58.0 Å². The van der Waals surface area contributed by atoms with Crippen molar-refractivity contribution in [3.05, 3.63) is 95.2 Å². The van der Waals surface area contributed by atoms with Gasteiger partial charge in [0.15, 0.2) is 11.5 Å². The number of hydrogen-bond donors (Lipinski definition) is 4. The molecule has 0 aliphatic carbocycles. The summed E-state index contributed by atoms with van der Waals surface area (Å²) in [6.07, 6.45) is -3.58. The molecule has 1 aromatic heterocycles. The number of nitrogens with zero attached hydrogens (tertiary/aromatic N) is 2. The van der Waals surface area contributed by atoms with E-state index in [0.717, 1.165) is 23.0 Å². The Hall–Kier alpha value is -4.84. The molecule has 2 amide bonds. The number of rotatable bonds is 8. The number of alkyl halides is 3. The SMILES string of the molecule is Cc1ccc(-n2nc(C(C)(C)C)cc2NC(=O)Nc2cccc(C(C(=O)c3ccc(N)c(OC(F)(F)F)c3)C3CCNCC3)c2)cc1. The summed E-state index contributed by atoms with van der Waals surface area (Å²) in [5.41, 5.74) is 9.04. The smallest absolute Gasteiger partial charge is 0.404 e. The van der Waals surface area contributed by atoms with E-state index < -0.39 is 24.1 Å². The fourth-order valence-corrected chi connectivity index (χ4v) is 5.70. The minimum atomic E-state index is -4.96. The molecule has 47 heavy (non-hydrogen) atoms. The van der Waals surface area contributed by atoms with Crippen LogP contribution in [0.15, 0.2) is 72.8 Å². The van der Waals surface area contributed by atoms with Crippen LogP contribution in [0.1, 0.15) is 66.7 Å². The van der Waals surface area contributed by atoms with Crippen LogP contribution in [0.5, 0.6) is 5.75 Å². The molecule has 0 saturated carbocycles. The van der Waals surface area contributed by atoms with Crippen molar-refractivity contribution in [1.29, 1.82) is 0 Å². The van der Waals surface area contributed by atoms with Gasteiger partial charge in [0, 0.05) is 22.7 Å². The van der Waals surface area contributed by atoms with Crippen molar-refractivity contribution < 1.29 is 27.5 Å². The van der Waals surface area contributed by atoms with Crippen molar-refractivity contribution in [3.63, 3.8) is 0 Å². The number of ketones is 1. The van der Waals surface area contributed by atoms with Gasteiger partial charge >= 0.3 is 12.4 Å². The highest BCUT2D eigenvalue weighted by atomic mass is 19.4. The summed E-state index contributed by atoms with van der Waals surface area (Å²) in [7, 11) is 0. The van der Waals surface area contributed by atoms with Crippen molar-refractivity contribution >= 4 is 29.0 Å². The monoisotopic (exact) mass is 648 g/mol. The lowest BCUT2D eigenvalue weighted by Crippen LogP contribution is -2.33. The predicted molar refractivity (Wildman–Crippen MR) is 176 cm³/mol. The van der Waals surface area contributed by atoms with Crippen LogP contribution in [0.3, 0.4) is 0 Å². The lowest BCUT2D eigenvalue weighted by atomic mass is 9.76. The lowest BCUT2D eigenvalue weighted by Gasteiger charge is -2.30. The highest BCUT2D eigenvalue weighted by Gasteiger charge is 2.35. The second-order valence-electron chi connectivity index (χ2n) is 12.8. The molecule has 4 aromatic rings. The first-order chi connectivity index (χ1) is 22.2. The van der Waals surface area contributed by atoms with Gasteiger partial charge in [0.05, 0.1) is 23.0 Å². The number of aryl methyl sites for hydroxylation is 1. The summed E-state index contributed by atoms with van der Waals surface area (Å²) >= 11 is 0. The first kappa shape index (κ1) is 33.5. The molecule has 1 atom stereocenters. The Morgan fingerprint density at radius 2 is 1.68 bits per heavy atom. The van der Waals surface area contributed by atoms with Crippen molar-refractivity contribution in [3.8, 4) is 11.4 Å². The summed E-state index contributed by atoms with van der Waals surface area (Å²) in [6, 6.07) is 19.8. The minimum Gasteiger partial charge on any atom is -0.404 e. The first-order valence-corrected chi connectivity index (χ1v) is 15.4. The van der Waals surface area contributed by atoms with Crippen LogP contribution in [-0.4, -0.2) is 41.0 Å². The number of nitrogen functional groups attached to an aromatic ring is 1. The number of urea groups is 1. The molecule has 3 aromatic carbocycles. The van der Waals surface area contributed by atoms with E-state index in [0.29, 0.717) is 43.0 Å². The molecule has 248 valence electrons. The summed E-state index contributed by atoms with van der Waals surface area (Å²) in [4.78, 5) is 27.4. The number of anilines is 3. The third kappa shape index (κ3) is 8.31. The molecule has 0 bridgehead atoms. The van der Waals surface area contributed by atoms with Gasteiger partial charge in [-0.2, -0.15) is 5.10 Å². The Bertz CT molecular complexity index is 1740. The molecule has 1 saturated heterocycles. The Balaban J connectivity index is 1.42. The fourth-order valence-electron chi connectivity index (χ4n) is 5.70. The molecule has 1 unspecified atom stereocenters. The van der Waals surface area contributed by atoms with Crippen LogP contribution < -0.4 is 26.4 Å². The Kier molecular flexibility index (Phi) is 9.62. The van der Waals surface area contributed by atoms with Crippen molar-refractivity contribution in [2.75, 3.05) is 29.5 Å². The maximum Gasteiger partial charge on any atom is 0.573 e. The van der Waals surface area contributed by atoms with Gasteiger partial charge in [0.25, 0.3) is 0 Å². The highest BCUT2D eigenvalue weighted by molar-refractivity contribution is 6.03. The van der Waals surface area contributed by atoms with Crippen LogP contribution in [-0.2, 0) is 5.41 Å². The molecule has 1 aliphatic heterocycles. The molecular formula is C35H39F3N6O3. The number of nitrogens with one attached hydrogen (secondary N) is 3. The zero-order valence-electron chi connectivity index (χ0n) is 26.7. The Morgan fingerprint density at radius 1 is 0.979 bits per heavy atom. The second kappa shape index (κ2) is 13.5. The number of piperidine rings is 1. The molecule has 0 spiro atoms. The van der Waals surface area contributed by atoms with Crippen molar-refractivity contribution in [1.82, 2.24) is 15.1 Å². The van der Waals surface area contributed by atoms with E-state index >= 15 is 0 Å². The Morgan fingerprint density at radius 3 is 2.34 bits per heavy atom. The third-order valence-corrected chi connectivity index (χ3v) is 8.16. The maximum absolute atomic E-state index is 14.0. The molecule has 5 rings (SSSR count). The van der Waals surface area contributed by atoms with Crippen LogP contribution in [0.2, 0.25) is 0 Å². The van der Waals surface area contributed by atoms with Gasteiger partial charge in [0.2, 0.25) is 0 Å². The zero-order chi connectivity index (χ0) is 33.9. The maximum atomic E-state index is 14.0. The third-order valence-electron chi connectivity index (χ3n) is 8.16. The standard InChI is InChI=1S/C35H39F3N6O3/c1-21-8-11-26(12-9-21)44-30(20-29(43-44)34(2,3)4)42-33(46)41-25-7-5-6-23(18-25)31(22-14-16-40-17-15-22)32(45)24-10-13-27(39)28(19-24)47-35(36,37)38/h5-13,18-20,22,31,40H,14-17,39H2,1-4H3,(H2,41,42,46). The number of halogens is 3. The molecule has 2 heterocycles. The van der Waals surface area contributed by atoms with Gasteiger partial charge < -0.3 is 21.1 Å². The number of benzene rings is 3. The van der Waals surface area contributed by atoms with Crippen molar-refractivity contribution in [2.24, 2.45) is 5.92 Å². The van der Waals surface area contributed by atoms with E-state index in [2.05, 4.69) is 20.7 Å². The number of carbonyl (C=O) groups is 2. The number of Topliss-reactive ketones (excluding diaryl/α,β-unsaturated/α-hetero) is 1. The number of ether oxygens (including phenoxy) is 1. The summed E-state index contributed by atoms with van der Waals surface area (Å²) in [5.74, 6) is -1.27. The largest absolute Gasteiger partial charge is 0.573 e. The molecular weight excluding hydrogens is 609 g/mol. The summed E-state index contributed by atoms with van der Waals surface area (Å²) in [5, 5.41) is 13.8. The number of amides is 2. The number of nitrogens with two attached hydrogens (primary N) is 1. The van der Waals surface area contributed by atoms with Gasteiger partial charge in [0.1, 0.15) is 5.82 Å². The number of aromatic nitrogens is 2. The zero-order valence-corrected chi connectivity index (χ0v) is 26.7. The van der Waals surface area contributed by atoms with Gasteiger partial charge in [-0.25, -0.2) is 9.48 Å². The van der Waals surface area contributed by atoms with E-state index in [1.165, 1.54) is 12.1 Å². The minimum absolute atomic E-state index is 0.0529. The van der Waals surface area contributed by atoms with Gasteiger partial charge in [-0.15, -0.1) is 13.2 Å².